The molecule has 0 unspecified atom stereocenters. The molecular formula is C34H39Cl2N5O3. The van der Waals surface area contributed by atoms with E-state index in [9.17, 15) is 4.79 Å². The summed E-state index contributed by atoms with van der Waals surface area (Å²) in [4.78, 5) is 21.5. The van der Waals surface area contributed by atoms with Gasteiger partial charge in [0.1, 0.15) is 22.9 Å². The average molecular weight is 637 g/mol. The fourth-order valence-corrected chi connectivity index (χ4v) is 7.15. The number of halogens is 2. The second kappa shape index (κ2) is 13.4. The van der Waals surface area contributed by atoms with Crippen LogP contribution in [-0.2, 0) is 4.74 Å². The maximum atomic E-state index is 12.5. The van der Waals surface area contributed by atoms with E-state index in [1.807, 2.05) is 24.3 Å². The molecule has 3 aromatic rings. The van der Waals surface area contributed by atoms with E-state index in [0.717, 1.165) is 62.9 Å². The summed E-state index contributed by atoms with van der Waals surface area (Å²) in [5, 5.41) is 4.62. The highest BCUT2D eigenvalue weighted by Gasteiger charge is 2.37. The first kappa shape index (κ1) is 30.7. The molecule has 2 aliphatic heterocycles. The minimum atomic E-state index is -0.477. The van der Waals surface area contributed by atoms with Gasteiger partial charge >= 0.3 is 5.97 Å². The summed E-state index contributed by atoms with van der Waals surface area (Å²) in [7, 11) is 1.36. The summed E-state index contributed by atoms with van der Waals surface area (Å²) in [5.41, 5.74) is 11.9. The van der Waals surface area contributed by atoms with Gasteiger partial charge in [-0.05, 0) is 86.0 Å². The largest absolute Gasteiger partial charge is 0.465 e. The van der Waals surface area contributed by atoms with E-state index in [1.165, 1.54) is 50.1 Å². The number of methoxy groups -OCH3 is 1. The van der Waals surface area contributed by atoms with Crippen LogP contribution < -0.4 is 20.7 Å². The summed E-state index contributed by atoms with van der Waals surface area (Å²) in [5.74, 6) is 0.510. The standard InChI is InChI=1S/C34H39Cl2N5O3/c1-43-33(42)29-7-6-26(18-31(29)44-27-19-30(36)32(37)39-21-27)41-16-14-40(15-17-41)22-24-20-34(10-12-38-13-11-34)9-8-28(24)23-2-4-25(35)5-3-23/h2-7,18-19,21,38H,8-17,20,22H2,1H3,(H2,37,39). The van der Waals surface area contributed by atoms with Crippen LogP contribution in [0.4, 0.5) is 11.5 Å². The number of carbonyl (C=O) groups excluding carboxylic acids is 1. The number of hydrogen-bond donors (Lipinski definition) is 2. The lowest BCUT2D eigenvalue weighted by Crippen LogP contribution is -2.47. The van der Waals surface area contributed by atoms with E-state index in [2.05, 4.69) is 32.2 Å². The van der Waals surface area contributed by atoms with Crippen molar-refractivity contribution in [2.75, 3.05) is 63.6 Å². The number of nitrogens with one attached hydrogen (secondary N) is 1. The van der Waals surface area contributed by atoms with Crippen molar-refractivity contribution in [2.45, 2.75) is 32.1 Å². The maximum Gasteiger partial charge on any atom is 0.341 e. The van der Waals surface area contributed by atoms with E-state index < -0.39 is 5.97 Å². The molecule has 6 rings (SSSR count). The van der Waals surface area contributed by atoms with Crippen LogP contribution in [0.15, 0.2) is 60.3 Å². The monoisotopic (exact) mass is 635 g/mol. The number of nitrogen functional groups attached to an aromatic ring is 1. The number of piperazine rings is 1. The van der Waals surface area contributed by atoms with Gasteiger partial charge in [-0.1, -0.05) is 40.9 Å². The molecule has 232 valence electrons. The molecule has 1 aliphatic carbocycles. The molecule has 3 heterocycles. The van der Waals surface area contributed by atoms with Crippen LogP contribution in [0.1, 0.15) is 48.0 Å². The summed E-state index contributed by atoms with van der Waals surface area (Å²) < 4.78 is 11.1. The van der Waals surface area contributed by atoms with Gasteiger partial charge in [0.25, 0.3) is 0 Å². The summed E-state index contributed by atoms with van der Waals surface area (Å²) >= 11 is 12.4. The predicted molar refractivity (Wildman–Crippen MR) is 177 cm³/mol. The molecule has 8 nitrogen and oxygen atoms in total. The Kier molecular flexibility index (Phi) is 9.33. The quantitative estimate of drug-likeness (QED) is 0.278. The Balaban J connectivity index is 1.18. The number of nitrogens with zero attached hydrogens (tertiary/aromatic N) is 3. The molecular weight excluding hydrogens is 597 g/mol. The Bertz CT molecular complexity index is 1530. The van der Waals surface area contributed by atoms with Gasteiger partial charge in [-0.2, -0.15) is 0 Å². The van der Waals surface area contributed by atoms with Crippen LogP contribution in [0.2, 0.25) is 10.0 Å². The number of esters is 1. The van der Waals surface area contributed by atoms with Crippen LogP contribution in [0.3, 0.4) is 0 Å². The number of benzene rings is 2. The van der Waals surface area contributed by atoms with E-state index in [1.54, 1.807) is 17.7 Å². The van der Waals surface area contributed by atoms with Crippen molar-refractivity contribution in [3.05, 3.63) is 81.5 Å². The lowest BCUT2D eigenvalue weighted by Gasteiger charge is -2.44. The number of pyridine rings is 1. The zero-order chi connectivity index (χ0) is 30.7. The predicted octanol–water partition coefficient (Wildman–Crippen LogP) is 6.68. The smallest absolute Gasteiger partial charge is 0.341 e. The third-order valence-corrected chi connectivity index (χ3v) is 9.93. The molecule has 0 atom stereocenters. The zero-order valence-electron chi connectivity index (χ0n) is 25.1. The van der Waals surface area contributed by atoms with Gasteiger partial charge < -0.3 is 25.4 Å². The highest BCUT2D eigenvalue weighted by Crippen LogP contribution is 2.48. The topological polar surface area (TPSA) is 93.0 Å². The number of carbonyl (C=O) groups is 1. The van der Waals surface area contributed by atoms with Gasteiger partial charge in [-0.25, -0.2) is 9.78 Å². The zero-order valence-corrected chi connectivity index (χ0v) is 26.6. The SMILES string of the molecule is COC(=O)c1ccc(N2CCN(CC3=C(c4ccc(Cl)cc4)CCC4(CCNCC4)C3)CC2)cc1Oc1cnc(N)c(Cl)c1. The summed E-state index contributed by atoms with van der Waals surface area (Å²) in [6.45, 7) is 6.84. The first-order valence-corrected chi connectivity index (χ1v) is 16.0. The fourth-order valence-electron chi connectivity index (χ4n) is 6.87. The Morgan fingerprint density at radius 1 is 1.02 bits per heavy atom. The Hall–Kier alpha value is -3.30. The van der Waals surface area contributed by atoms with Gasteiger partial charge in [0.15, 0.2) is 0 Å². The molecule has 0 saturated carbocycles. The molecule has 1 aromatic heterocycles. The second-order valence-corrected chi connectivity index (χ2v) is 12.9. The highest BCUT2D eigenvalue weighted by molar-refractivity contribution is 6.32. The van der Waals surface area contributed by atoms with Gasteiger partial charge in [-0.3, -0.25) is 4.90 Å². The van der Waals surface area contributed by atoms with Crippen LogP contribution in [0.25, 0.3) is 5.57 Å². The van der Waals surface area contributed by atoms with Crippen LogP contribution in [0, 0.1) is 5.41 Å². The fraction of sp³-hybridized carbons (Fsp3) is 0.412. The molecule has 3 N–H and O–H groups in total. The lowest BCUT2D eigenvalue weighted by molar-refractivity contribution is 0.0598. The van der Waals surface area contributed by atoms with Crippen molar-refractivity contribution in [2.24, 2.45) is 5.41 Å². The number of piperidine rings is 1. The second-order valence-electron chi connectivity index (χ2n) is 12.1. The number of anilines is 2. The minimum Gasteiger partial charge on any atom is -0.465 e. The Morgan fingerprint density at radius 2 is 1.77 bits per heavy atom. The molecule has 2 aromatic carbocycles. The molecule has 10 heteroatoms. The molecule has 0 radical (unpaired) electrons. The first-order chi connectivity index (χ1) is 21.3. The van der Waals surface area contributed by atoms with Crippen LogP contribution >= 0.6 is 23.2 Å². The molecule has 2 saturated heterocycles. The van der Waals surface area contributed by atoms with E-state index in [4.69, 9.17) is 38.4 Å². The molecule has 0 amide bonds. The van der Waals surface area contributed by atoms with Gasteiger partial charge in [-0.15, -0.1) is 0 Å². The number of hydrogen-bond acceptors (Lipinski definition) is 8. The van der Waals surface area contributed by atoms with Crippen molar-refractivity contribution >= 4 is 46.2 Å². The normalized spacial score (nSPS) is 18.8. The first-order valence-electron chi connectivity index (χ1n) is 15.3. The number of aromatic nitrogens is 1. The number of rotatable bonds is 7. The van der Waals surface area contributed by atoms with Crippen molar-refractivity contribution < 1.29 is 14.3 Å². The van der Waals surface area contributed by atoms with Crippen molar-refractivity contribution in [1.29, 1.82) is 0 Å². The Morgan fingerprint density at radius 3 is 2.48 bits per heavy atom. The summed E-state index contributed by atoms with van der Waals surface area (Å²) in [6.07, 6.45) is 7.55. The lowest BCUT2D eigenvalue weighted by atomic mass is 9.65. The van der Waals surface area contributed by atoms with Crippen molar-refractivity contribution in [3.63, 3.8) is 0 Å². The van der Waals surface area contributed by atoms with E-state index >= 15 is 0 Å². The minimum absolute atomic E-state index is 0.217. The number of allylic oxidation sites excluding steroid dienone is 1. The summed E-state index contributed by atoms with van der Waals surface area (Å²) in [6, 6.07) is 15.6. The van der Waals surface area contributed by atoms with Crippen molar-refractivity contribution in [1.82, 2.24) is 15.2 Å². The van der Waals surface area contributed by atoms with E-state index in [-0.39, 0.29) is 10.8 Å². The number of nitrogens with two attached hydrogens (primary N) is 1. The molecule has 2 fully saturated rings. The van der Waals surface area contributed by atoms with Gasteiger partial charge in [0.05, 0.1) is 18.3 Å². The average Bonchev–Trinajstić information content (AvgIpc) is 3.04. The van der Waals surface area contributed by atoms with Crippen LogP contribution in [0.5, 0.6) is 11.5 Å². The van der Waals surface area contributed by atoms with Gasteiger partial charge in [0, 0.05) is 55.6 Å². The maximum absolute atomic E-state index is 12.5. The van der Waals surface area contributed by atoms with Gasteiger partial charge in [0.2, 0.25) is 0 Å². The molecule has 1 spiro atoms. The molecule has 3 aliphatic rings. The number of ether oxygens (including phenoxy) is 2. The Labute approximate surface area is 269 Å². The third-order valence-electron chi connectivity index (χ3n) is 9.37. The molecule has 0 bridgehead atoms. The van der Waals surface area contributed by atoms with E-state index in [0.29, 0.717) is 22.5 Å². The van der Waals surface area contributed by atoms with Crippen LogP contribution in [-0.4, -0.2) is 68.8 Å². The third kappa shape index (κ3) is 6.84. The molecule has 44 heavy (non-hydrogen) atoms. The highest BCUT2D eigenvalue weighted by atomic mass is 35.5. The van der Waals surface area contributed by atoms with Crippen molar-refractivity contribution in [3.8, 4) is 11.5 Å².